The van der Waals surface area contributed by atoms with E-state index < -0.39 is 0 Å². The molecule has 0 saturated carbocycles. The Labute approximate surface area is 256 Å². The van der Waals surface area contributed by atoms with E-state index in [2.05, 4.69) is 111 Å². The van der Waals surface area contributed by atoms with Crippen molar-refractivity contribution >= 4 is 29.3 Å². The Morgan fingerprint density at radius 3 is 1.19 bits per heavy atom. The van der Waals surface area contributed by atoms with Crippen molar-refractivity contribution in [3.63, 3.8) is 0 Å². The first-order valence-electron chi connectivity index (χ1n) is 14.0. The molecule has 0 unspecified atom stereocenters. The summed E-state index contributed by atoms with van der Waals surface area (Å²) in [5.41, 5.74) is 7.88. The molecule has 42 heavy (non-hydrogen) atoms. The average Bonchev–Trinajstić information content (AvgIpc) is 3.04. The van der Waals surface area contributed by atoms with E-state index >= 15 is 0 Å². The molecule has 6 aromatic carbocycles. The minimum Gasteiger partial charge on any atom is -0.289 e. The third-order valence-corrected chi connectivity index (χ3v) is 9.69. The predicted molar refractivity (Wildman–Crippen MR) is 178 cm³/mol. The van der Waals surface area contributed by atoms with Crippen LogP contribution in [0.25, 0.3) is 22.3 Å². The molecular formula is C39H30OS2. The number of hydrogen-bond acceptors (Lipinski definition) is 3. The van der Waals surface area contributed by atoms with E-state index in [0.717, 1.165) is 22.3 Å². The maximum Gasteiger partial charge on any atom is 0.194 e. The van der Waals surface area contributed by atoms with Crippen LogP contribution in [0.1, 0.15) is 27.0 Å². The molecule has 0 aliphatic rings. The number of rotatable bonds is 8. The molecule has 0 atom stereocenters. The fraction of sp³-hybridized carbons (Fsp3) is 0.0513. The zero-order valence-electron chi connectivity index (χ0n) is 23.6. The summed E-state index contributed by atoms with van der Waals surface area (Å²) in [5.74, 6) is 0.0259. The standard InChI is InChI=1S/C39H30OS2/c1-27-11-3-9-17-37(27)41-31-23-19-29(20-24-31)33-13-5-7-15-35(33)39(40)36-16-8-6-14-34(36)30-21-25-32(26-22-30)42-38-18-10-4-12-28(38)2/h3-26H,1-2H3. The molecule has 0 N–H and O–H groups in total. The van der Waals surface area contributed by atoms with Crippen LogP contribution in [0.15, 0.2) is 165 Å². The molecule has 0 heterocycles. The summed E-state index contributed by atoms with van der Waals surface area (Å²) in [6.45, 7) is 4.27. The molecular weight excluding hydrogens is 549 g/mol. The van der Waals surface area contributed by atoms with Crippen molar-refractivity contribution in [1.82, 2.24) is 0 Å². The van der Waals surface area contributed by atoms with Crippen molar-refractivity contribution in [3.8, 4) is 22.3 Å². The summed E-state index contributed by atoms with van der Waals surface area (Å²) in [6, 6.07) is 49.7. The lowest BCUT2D eigenvalue weighted by Gasteiger charge is -2.13. The third-order valence-electron chi connectivity index (χ3n) is 7.32. The van der Waals surface area contributed by atoms with E-state index in [1.54, 1.807) is 23.5 Å². The van der Waals surface area contributed by atoms with Crippen molar-refractivity contribution in [3.05, 3.63) is 168 Å². The Morgan fingerprint density at radius 2 is 0.786 bits per heavy atom. The highest BCUT2D eigenvalue weighted by Gasteiger charge is 2.18. The van der Waals surface area contributed by atoms with Gasteiger partial charge in [-0.1, -0.05) is 133 Å². The van der Waals surface area contributed by atoms with Gasteiger partial charge in [0.25, 0.3) is 0 Å². The van der Waals surface area contributed by atoms with Gasteiger partial charge in [-0.05, 0) is 83.6 Å². The van der Waals surface area contributed by atoms with Crippen LogP contribution in [0.2, 0.25) is 0 Å². The minimum absolute atomic E-state index is 0.0259. The highest BCUT2D eigenvalue weighted by molar-refractivity contribution is 7.99. The number of hydrogen-bond donors (Lipinski definition) is 0. The molecule has 0 amide bonds. The molecule has 0 bridgehead atoms. The molecule has 3 heteroatoms. The Balaban J connectivity index is 1.27. The van der Waals surface area contributed by atoms with Crippen molar-refractivity contribution in [2.24, 2.45) is 0 Å². The molecule has 0 spiro atoms. The summed E-state index contributed by atoms with van der Waals surface area (Å²) >= 11 is 3.52. The Kier molecular flexibility index (Phi) is 8.41. The highest BCUT2D eigenvalue weighted by Crippen LogP contribution is 2.35. The van der Waals surface area contributed by atoms with Gasteiger partial charge in [-0.2, -0.15) is 0 Å². The van der Waals surface area contributed by atoms with Crippen LogP contribution >= 0.6 is 23.5 Å². The van der Waals surface area contributed by atoms with E-state index in [-0.39, 0.29) is 5.78 Å². The van der Waals surface area contributed by atoms with Gasteiger partial charge in [0.2, 0.25) is 0 Å². The molecule has 0 radical (unpaired) electrons. The van der Waals surface area contributed by atoms with Crippen LogP contribution in [-0.2, 0) is 0 Å². The van der Waals surface area contributed by atoms with Crippen LogP contribution in [0, 0.1) is 13.8 Å². The minimum atomic E-state index is 0.0259. The van der Waals surface area contributed by atoms with E-state index in [1.807, 2.05) is 48.5 Å². The summed E-state index contributed by atoms with van der Waals surface area (Å²) in [4.78, 5) is 19.0. The van der Waals surface area contributed by atoms with Crippen molar-refractivity contribution in [1.29, 1.82) is 0 Å². The molecule has 0 aromatic heterocycles. The van der Waals surface area contributed by atoms with Crippen LogP contribution in [0.4, 0.5) is 0 Å². The Bertz CT molecular complexity index is 1720. The summed E-state index contributed by atoms with van der Waals surface area (Å²) in [5, 5.41) is 0. The van der Waals surface area contributed by atoms with Gasteiger partial charge in [0.1, 0.15) is 0 Å². The summed E-state index contributed by atoms with van der Waals surface area (Å²) < 4.78 is 0. The molecule has 6 rings (SSSR count). The SMILES string of the molecule is Cc1ccccc1Sc1ccc(-c2ccccc2C(=O)c2ccccc2-c2ccc(Sc3ccccc3C)cc2)cc1. The average molecular weight is 579 g/mol. The van der Waals surface area contributed by atoms with Crippen LogP contribution in [0.5, 0.6) is 0 Å². The van der Waals surface area contributed by atoms with Crippen LogP contribution in [-0.4, -0.2) is 5.78 Å². The van der Waals surface area contributed by atoms with Crippen molar-refractivity contribution < 1.29 is 4.79 Å². The van der Waals surface area contributed by atoms with E-state index in [9.17, 15) is 4.79 Å². The zero-order chi connectivity index (χ0) is 28.9. The summed E-state index contributed by atoms with van der Waals surface area (Å²) in [6.07, 6.45) is 0. The number of ketones is 1. The Morgan fingerprint density at radius 1 is 0.429 bits per heavy atom. The number of aryl methyl sites for hydroxylation is 2. The highest BCUT2D eigenvalue weighted by atomic mass is 32.2. The molecule has 1 nitrogen and oxygen atoms in total. The van der Waals surface area contributed by atoms with Gasteiger partial charge in [0.15, 0.2) is 5.78 Å². The maximum atomic E-state index is 14.1. The third kappa shape index (κ3) is 6.13. The van der Waals surface area contributed by atoms with E-state index in [0.29, 0.717) is 11.1 Å². The van der Waals surface area contributed by atoms with Crippen molar-refractivity contribution in [2.75, 3.05) is 0 Å². The largest absolute Gasteiger partial charge is 0.289 e. The normalized spacial score (nSPS) is 10.9. The first-order chi connectivity index (χ1) is 20.6. The van der Waals surface area contributed by atoms with Gasteiger partial charge in [-0.3, -0.25) is 4.79 Å². The van der Waals surface area contributed by atoms with Gasteiger partial charge in [-0.15, -0.1) is 0 Å². The van der Waals surface area contributed by atoms with Crippen molar-refractivity contribution in [2.45, 2.75) is 33.4 Å². The predicted octanol–water partition coefficient (Wildman–Crippen LogP) is 11.2. The Hall–Kier alpha value is -4.31. The fourth-order valence-corrected chi connectivity index (χ4v) is 6.82. The number of carbonyl (C=O) groups is 1. The lowest BCUT2D eigenvalue weighted by molar-refractivity contribution is 0.104. The molecule has 0 fully saturated rings. The lowest BCUT2D eigenvalue weighted by Crippen LogP contribution is -2.05. The van der Waals surface area contributed by atoms with Gasteiger partial charge >= 0.3 is 0 Å². The second kappa shape index (κ2) is 12.7. The summed E-state index contributed by atoms with van der Waals surface area (Å²) in [7, 11) is 0. The smallest absolute Gasteiger partial charge is 0.194 e. The molecule has 0 aliphatic carbocycles. The first kappa shape index (κ1) is 27.8. The van der Waals surface area contributed by atoms with Gasteiger partial charge in [0.05, 0.1) is 0 Å². The number of benzene rings is 6. The van der Waals surface area contributed by atoms with E-state index in [4.69, 9.17) is 0 Å². The van der Waals surface area contributed by atoms with E-state index in [1.165, 1.54) is 30.7 Å². The van der Waals surface area contributed by atoms with Crippen LogP contribution < -0.4 is 0 Å². The lowest BCUT2D eigenvalue weighted by atomic mass is 9.90. The number of carbonyl (C=O) groups excluding carboxylic acids is 1. The zero-order valence-corrected chi connectivity index (χ0v) is 25.2. The van der Waals surface area contributed by atoms with Gasteiger partial charge in [-0.25, -0.2) is 0 Å². The van der Waals surface area contributed by atoms with Crippen LogP contribution in [0.3, 0.4) is 0 Å². The second-order valence-corrected chi connectivity index (χ2v) is 12.4. The van der Waals surface area contributed by atoms with Gasteiger partial charge < -0.3 is 0 Å². The fourth-order valence-electron chi connectivity index (χ4n) is 5.01. The first-order valence-corrected chi connectivity index (χ1v) is 15.6. The molecule has 0 saturated heterocycles. The molecule has 204 valence electrons. The molecule has 0 aliphatic heterocycles. The maximum absolute atomic E-state index is 14.1. The van der Waals surface area contributed by atoms with Gasteiger partial charge in [0, 0.05) is 30.7 Å². The monoisotopic (exact) mass is 578 g/mol. The molecule has 6 aromatic rings. The topological polar surface area (TPSA) is 17.1 Å². The second-order valence-electron chi connectivity index (χ2n) is 10.2. The quantitative estimate of drug-likeness (QED) is 0.167.